The summed E-state index contributed by atoms with van der Waals surface area (Å²) in [5.41, 5.74) is 1.92. The quantitative estimate of drug-likeness (QED) is 0.882. The van der Waals surface area contributed by atoms with Crippen LogP contribution in [0.4, 0.5) is 5.00 Å². The number of aryl methyl sites for hydroxylation is 1. The molecule has 2 N–H and O–H groups in total. The number of benzene rings is 1. The normalized spacial score (nSPS) is 10.3. The van der Waals surface area contributed by atoms with Crippen LogP contribution < -0.4 is 15.4 Å². The van der Waals surface area contributed by atoms with Crippen LogP contribution in [0.3, 0.4) is 0 Å². The van der Waals surface area contributed by atoms with Gasteiger partial charge in [-0.1, -0.05) is 0 Å². The van der Waals surface area contributed by atoms with E-state index < -0.39 is 0 Å². The molecule has 0 atom stereocenters. The standard InChI is InChI=1S/C17H20N2O3S/c1-5-22-13-8-6-12(7-9-13)15(20)19-17-14(16(21)18-4)10(2)11(3)23-17/h6-9H,5H2,1-4H3,(H,18,21)(H,19,20). The summed E-state index contributed by atoms with van der Waals surface area (Å²) in [6, 6.07) is 6.91. The second-order valence-electron chi connectivity index (χ2n) is 4.98. The molecule has 2 amide bonds. The summed E-state index contributed by atoms with van der Waals surface area (Å²) in [7, 11) is 1.58. The van der Waals surface area contributed by atoms with E-state index in [1.807, 2.05) is 20.8 Å². The number of carbonyl (C=O) groups excluding carboxylic acids is 2. The van der Waals surface area contributed by atoms with Gasteiger partial charge in [0.1, 0.15) is 10.8 Å². The minimum Gasteiger partial charge on any atom is -0.494 e. The van der Waals surface area contributed by atoms with Crippen molar-refractivity contribution in [3.63, 3.8) is 0 Å². The van der Waals surface area contributed by atoms with Crippen LogP contribution in [-0.4, -0.2) is 25.5 Å². The fraction of sp³-hybridized carbons (Fsp3) is 0.294. The van der Waals surface area contributed by atoms with Crippen molar-refractivity contribution in [2.24, 2.45) is 0 Å². The maximum absolute atomic E-state index is 12.4. The van der Waals surface area contributed by atoms with Gasteiger partial charge in [0, 0.05) is 17.5 Å². The molecule has 0 fully saturated rings. The molecule has 0 saturated heterocycles. The Morgan fingerprint density at radius 3 is 2.35 bits per heavy atom. The Hall–Kier alpha value is -2.34. The highest BCUT2D eigenvalue weighted by atomic mass is 32.1. The Kier molecular flexibility index (Phi) is 5.39. The molecule has 0 radical (unpaired) electrons. The number of nitrogens with one attached hydrogen (secondary N) is 2. The zero-order valence-corrected chi connectivity index (χ0v) is 14.5. The van der Waals surface area contributed by atoms with Crippen LogP contribution in [0.2, 0.25) is 0 Å². The van der Waals surface area contributed by atoms with Gasteiger partial charge < -0.3 is 15.4 Å². The first-order chi connectivity index (χ1) is 11.0. The van der Waals surface area contributed by atoms with Gasteiger partial charge in [-0.15, -0.1) is 11.3 Å². The lowest BCUT2D eigenvalue weighted by atomic mass is 10.1. The van der Waals surface area contributed by atoms with Gasteiger partial charge in [0.25, 0.3) is 11.8 Å². The molecule has 0 aliphatic carbocycles. The topological polar surface area (TPSA) is 67.4 Å². The van der Waals surface area contributed by atoms with Crippen LogP contribution in [0, 0.1) is 13.8 Å². The molecule has 0 unspecified atom stereocenters. The zero-order chi connectivity index (χ0) is 17.0. The van der Waals surface area contributed by atoms with E-state index >= 15 is 0 Å². The maximum atomic E-state index is 12.4. The smallest absolute Gasteiger partial charge is 0.256 e. The third-order valence-corrected chi connectivity index (χ3v) is 4.62. The van der Waals surface area contributed by atoms with Crippen molar-refractivity contribution in [3.05, 3.63) is 45.8 Å². The second kappa shape index (κ2) is 7.28. The van der Waals surface area contributed by atoms with Gasteiger partial charge in [0.2, 0.25) is 0 Å². The number of hydrogen-bond donors (Lipinski definition) is 2. The average Bonchev–Trinajstić information content (AvgIpc) is 2.82. The van der Waals surface area contributed by atoms with Crippen molar-refractivity contribution < 1.29 is 14.3 Å². The lowest BCUT2D eigenvalue weighted by Gasteiger charge is -2.08. The lowest BCUT2D eigenvalue weighted by Crippen LogP contribution is -2.21. The molecule has 2 aromatic rings. The molecule has 2 rings (SSSR count). The van der Waals surface area contributed by atoms with E-state index in [0.29, 0.717) is 22.7 Å². The molecule has 0 aliphatic rings. The fourth-order valence-corrected chi connectivity index (χ4v) is 3.21. The first-order valence-electron chi connectivity index (χ1n) is 7.34. The third kappa shape index (κ3) is 3.71. The highest BCUT2D eigenvalue weighted by Gasteiger charge is 2.20. The molecular weight excluding hydrogens is 312 g/mol. The Bertz CT molecular complexity index is 720. The van der Waals surface area contributed by atoms with Crippen molar-refractivity contribution in [2.45, 2.75) is 20.8 Å². The minimum absolute atomic E-state index is 0.200. The summed E-state index contributed by atoms with van der Waals surface area (Å²) in [5, 5.41) is 6.01. The largest absolute Gasteiger partial charge is 0.494 e. The highest BCUT2D eigenvalue weighted by molar-refractivity contribution is 7.16. The van der Waals surface area contributed by atoms with Crippen LogP contribution in [0.1, 0.15) is 38.1 Å². The molecule has 5 nitrogen and oxygen atoms in total. The van der Waals surface area contributed by atoms with E-state index in [-0.39, 0.29) is 11.8 Å². The van der Waals surface area contributed by atoms with Gasteiger partial charge in [-0.05, 0) is 50.6 Å². The molecule has 1 aromatic carbocycles. The Morgan fingerprint density at radius 1 is 1.13 bits per heavy atom. The van der Waals surface area contributed by atoms with E-state index in [9.17, 15) is 9.59 Å². The summed E-state index contributed by atoms with van der Waals surface area (Å²) < 4.78 is 5.36. The molecule has 0 aliphatic heterocycles. The first kappa shape index (κ1) is 17.0. The van der Waals surface area contributed by atoms with E-state index in [4.69, 9.17) is 4.74 Å². The monoisotopic (exact) mass is 332 g/mol. The summed E-state index contributed by atoms with van der Waals surface area (Å²) in [5.74, 6) is 0.270. The van der Waals surface area contributed by atoms with E-state index in [1.54, 1.807) is 31.3 Å². The van der Waals surface area contributed by atoms with Crippen molar-refractivity contribution in [2.75, 3.05) is 19.0 Å². The van der Waals surface area contributed by atoms with Crippen LogP contribution in [0.25, 0.3) is 0 Å². The van der Waals surface area contributed by atoms with Crippen molar-refractivity contribution in [3.8, 4) is 5.75 Å². The minimum atomic E-state index is -0.251. The molecule has 0 spiro atoms. The van der Waals surface area contributed by atoms with Gasteiger partial charge in [-0.25, -0.2) is 0 Å². The predicted molar refractivity (Wildman–Crippen MR) is 92.7 cm³/mol. The van der Waals surface area contributed by atoms with Gasteiger partial charge in [-0.3, -0.25) is 9.59 Å². The summed E-state index contributed by atoms with van der Waals surface area (Å²) in [4.78, 5) is 25.4. The number of ether oxygens (including phenoxy) is 1. The molecule has 1 aromatic heterocycles. The van der Waals surface area contributed by atoms with Crippen LogP contribution >= 0.6 is 11.3 Å². The Labute approximate surface area is 139 Å². The van der Waals surface area contributed by atoms with E-state index in [0.717, 1.165) is 16.2 Å². The molecule has 23 heavy (non-hydrogen) atoms. The zero-order valence-electron chi connectivity index (χ0n) is 13.6. The predicted octanol–water partition coefficient (Wildman–Crippen LogP) is 3.38. The molecule has 122 valence electrons. The maximum Gasteiger partial charge on any atom is 0.256 e. The van der Waals surface area contributed by atoms with E-state index in [2.05, 4.69) is 10.6 Å². The number of rotatable bonds is 5. The van der Waals surface area contributed by atoms with Crippen molar-refractivity contribution >= 4 is 28.2 Å². The number of hydrogen-bond acceptors (Lipinski definition) is 4. The van der Waals surface area contributed by atoms with Crippen molar-refractivity contribution in [1.29, 1.82) is 0 Å². The van der Waals surface area contributed by atoms with Gasteiger partial charge >= 0.3 is 0 Å². The van der Waals surface area contributed by atoms with Gasteiger partial charge in [0.15, 0.2) is 0 Å². The number of carbonyl (C=O) groups is 2. The first-order valence-corrected chi connectivity index (χ1v) is 8.15. The fourth-order valence-electron chi connectivity index (χ4n) is 2.16. The van der Waals surface area contributed by atoms with Gasteiger partial charge in [-0.2, -0.15) is 0 Å². The number of amides is 2. The SMILES string of the molecule is CCOc1ccc(C(=O)Nc2sc(C)c(C)c2C(=O)NC)cc1. The molecule has 6 heteroatoms. The Morgan fingerprint density at radius 2 is 1.78 bits per heavy atom. The lowest BCUT2D eigenvalue weighted by molar-refractivity contribution is 0.0963. The van der Waals surface area contributed by atoms with Gasteiger partial charge in [0.05, 0.1) is 12.2 Å². The van der Waals surface area contributed by atoms with Crippen molar-refractivity contribution in [1.82, 2.24) is 5.32 Å². The number of anilines is 1. The second-order valence-corrected chi connectivity index (χ2v) is 6.20. The molecular formula is C17H20N2O3S. The third-order valence-electron chi connectivity index (χ3n) is 3.49. The van der Waals surface area contributed by atoms with Crippen LogP contribution in [0.15, 0.2) is 24.3 Å². The van der Waals surface area contributed by atoms with Crippen LogP contribution in [0.5, 0.6) is 5.75 Å². The van der Waals surface area contributed by atoms with E-state index in [1.165, 1.54) is 11.3 Å². The average molecular weight is 332 g/mol. The molecule has 1 heterocycles. The summed E-state index contributed by atoms with van der Waals surface area (Å²) in [6.07, 6.45) is 0. The molecule has 0 bridgehead atoms. The Balaban J connectivity index is 2.23. The molecule has 0 saturated carbocycles. The highest BCUT2D eigenvalue weighted by Crippen LogP contribution is 2.32. The summed E-state index contributed by atoms with van der Waals surface area (Å²) in [6.45, 7) is 6.29. The van der Waals surface area contributed by atoms with Crippen LogP contribution in [-0.2, 0) is 0 Å². The summed E-state index contributed by atoms with van der Waals surface area (Å²) >= 11 is 1.40. The number of thiophene rings is 1.